The summed E-state index contributed by atoms with van der Waals surface area (Å²) < 4.78 is 7.39. The quantitative estimate of drug-likeness (QED) is 0.857. The molecule has 1 aliphatic heterocycles. The van der Waals surface area contributed by atoms with Gasteiger partial charge in [0.15, 0.2) is 5.75 Å². The molecular formula is C15H22N4O. The van der Waals surface area contributed by atoms with E-state index in [2.05, 4.69) is 33.3 Å². The van der Waals surface area contributed by atoms with E-state index in [9.17, 15) is 0 Å². The lowest BCUT2D eigenvalue weighted by Crippen LogP contribution is -2.37. The normalized spacial score (nSPS) is 20.1. The molecule has 0 radical (unpaired) electrons. The third-order valence-corrected chi connectivity index (χ3v) is 4.19. The van der Waals surface area contributed by atoms with Crippen LogP contribution >= 0.6 is 0 Å². The van der Waals surface area contributed by atoms with Gasteiger partial charge in [0, 0.05) is 24.7 Å². The van der Waals surface area contributed by atoms with Gasteiger partial charge < -0.3 is 4.74 Å². The first-order valence-corrected chi connectivity index (χ1v) is 7.33. The third-order valence-electron chi connectivity index (χ3n) is 4.19. The molecule has 5 nitrogen and oxygen atoms in total. The van der Waals surface area contributed by atoms with Gasteiger partial charge in [-0.3, -0.25) is 9.30 Å². The van der Waals surface area contributed by atoms with Crippen LogP contribution in [-0.4, -0.2) is 45.2 Å². The number of hydrogen-bond donors (Lipinski definition) is 0. The smallest absolute Gasteiger partial charge is 0.203 e. The summed E-state index contributed by atoms with van der Waals surface area (Å²) in [7, 11) is 1.67. The van der Waals surface area contributed by atoms with Crippen molar-refractivity contribution in [3.05, 3.63) is 24.2 Å². The highest BCUT2D eigenvalue weighted by atomic mass is 16.5. The number of aromatic nitrogens is 3. The Balaban J connectivity index is 1.88. The number of pyridine rings is 1. The highest BCUT2D eigenvalue weighted by molar-refractivity contribution is 5.53. The minimum absolute atomic E-state index is 0.577. The summed E-state index contributed by atoms with van der Waals surface area (Å²) in [6.07, 6.45) is 5.49. The molecule has 0 aromatic carbocycles. The Hall–Kier alpha value is -1.62. The second kappa shape index (κ2) is 5.40. The largest absolute Gasteiger partial charge is 0.493 e. The van der Waals surface area contributed by atoms with Crippen molar-refractivity contribution in [1.29, 1.82) is 0 Å². The van der Waals surface area contributed by atoms with Crippen molar-refractivity contribution in [3.63, 3.8) is 0 Å². The molecule has 0 N–H and O–H groups in total. The van der Waals surface area contributed by atoms with Gasteiger partial charge in [0.05, 0.1) is 7.11 Å². The fourth-order valence-corrected chi connectivity index (χ4v) is 3.21. The van der Waals surface area contributed by atoms with Crippen LogP contribution in [0.2, 0.25) is 0 Å². The Kier molecular flexibility index (Phi) is 3.61. The zero-order valence-corrected chi connectivity index (χ0v) is 12.4. The van der Waals surface area contributed by atoms with Crippen molar-refractivity contribution in [3.8, 4) is 5.75 Å². The Labute approximate surface area is 119 Å². The zero-order chi connectivity index (χ0) is 14.1. The van der Waals surface area contributed by atoms with Crippen LogP contribution in [-0.2, 0) is 6.42 Å². The van der Waals surface area contributed by atoms with E-state index in [1.54, 1.807) is 7.11 Å². The van der Waals surface area contributed by atoms with Gasteiger partial charge in [-0.15, -0.1) is 10.2 Å². The summed E-state index contributed by atoms with van der Waals surface area (Å²) in [5.74, 6) is 1.80. The van der Waals surface area contributed by atoms with E-state index < -0.39 is 0 Å². The number of ether oxygens (including phenoxy) is 1. The Bertz CT molecular complexity index is 593. The maximum atomic E-state index is 5.34. The van der Waals surface area contributed by atoms with E-state index in [0.29, 0.717) is 12.1 Å². The minimum Gasteiger partial charge on any atom is -0.493 e. The van der Waals surface area contributed by atoms with Crippen LogP contribution in [0.25, 0.3) is 5.65 Å². The number of rotatable bonds is 4. The fourth-order valence-electron chi connectivity index (χ4n) is 3.21. The highest BCUT2D eigenvalue weighted by Gasteiger charge is 2.28. The number of fused-ring (bicyclic) bond motifs is 1. The molecule has 0 amide bonds. The van der Waals surface area contributed by atoms with Crippen LogP contribution in [0.4, 0.5) is 0 Å². The standard InChI is InChI=1S/C15H22N4O/c1-11(2)18-8-4-6-12(18)10-14-16-17-15-13(20-3)7-5-9-19(14)15/h5,7,9,11-12H,4,6,8,10H2,1-3H3. The predicted molar refractivity (Wildman–Crippen MR) is 78.1 cm³/mol. The monoisotopic (exact) mass is 274 g/mol. The summed E-state index contributed by atoms with van der Waals surface area (Å²) in [6.45, 7) is 5.73. The van der Waals surface area contributed by atoms with Crippen molar-refractivity contribution in [2.45, 2.75) is 45.2 Å². The Morgan fingerprint density at radius 2 is 2.25 bits per heavy atom. The van der Waals surface area contributed by atoms with Crippen molar-refractivity contribution >= 4 is 5.65 Å². The first-order chi connectivity index (χ1) is 9.70. The molecule has 0 saturated carbocycles. The minimum atomic E-state index is 0.577. The van der Waals surface area contributed by atoms with Crippen LogP contribution in [0.5, 0.6) is 5.75 Å². The highest BCUT2D eigenvalue weighted by Crippen LogP contribution is 2.24. The lowest BCUT2D eigenvalue weighted by Gasteiger charge is -2.27. The Morgan fingerprint density at radius 1 is 1.40 bits per heavy atom. The number of likely N-dealkylation sites (tertiary alicyclic amines) is 1. The molecule has 1 atom stereocenters. The summed E-state index contributed by atoms with van der Waals surface area (Å²) >= 11 is 0. The van der Waals surface area contributed by atoms with Gasteiger partial charge in [0.25, 0.3) is 0 Å². The molecule has 1 unspecified atom stereocenters. The third kappa shape index (κ3) is 2.26. The molecule has 2 aromatic heterocycles. The van der Waals surface area contributed by atoms with Crippen molar-refractivity contribution in [1.82, 2.24) is 19.5 Å². The molecule has 5 heteroatoms. The van der Waals surface area contributed by atoms with Crippen LogP contribution in [0.1, 0.15) is 32.5 Å². The summed E-state index contributed by atoms with van der Waals surface area (Å²) in [5, 5.41) is 8.64. The molecule has 1 fully saturated rings. The van der Waals surface area contributed by atoms with Crippen molar-refractivity contribution in [2.24, 2.45) is 0 Å². The van der Waals surface area contributed by atoms with E-state index in [1.807, 2.05) is 18.3 Å². The zero-order valence-electron chi connectivity index (χ0n) is 12.4. The van der Waals surface area contributed by atoms with Crippen LogP contribution in [0, 0.1) is 0 Å². The number of nitrogens with zero attached hydrogens (tertiary/aromatic N) is 4. The average molecular weight is 274 g/mol. The number of methoxy groups -OCH3 is 1. The molecule has 108 valence electrons. The van der Waals surface area contributed by atoms with Gasteiger partial charge in [0.2, 0.25) is 5.65 Å². The van der Waals surface area contributed by atoms with Gasteiger partial charge in [-0.2, -0.15) is 0 Å². The summed E-state index contributed by atoms with van der Waals surface area (Å²) in [6, 6.07) is 5.07. The van der Waals surface area contributed by atoms with Gasteiger partial charge in [-0.05, 0) is 45.4 Å². The molecule has 0 spiro atoms. The number of hydrogen-bond acceptors (Lipinski definition) is 4. The first-order valence-electron chi connectivity index (χ1n) is 7.33. The lowest BCUT2D eigenvalue weighted by molar-refractivity contribution is 0.200. The second-order valence-electron chi connectivity index (χ2n) is 5.72. The maximum Gasteiger partial charge on any atom is 0.203 e. The average Bonchev–Trinajstić information content (AvgIpc) is 3.06. The van der Waals surface area contributed by atoms with E-state index in [-0.39, 0.29) is 0 Å². The summed E-state index contributed by atoms with van der Waals surface area (Å²) in [4.78, 5) is 2.57. The van der Waals surface area contributed by atoms with E-state index in [0.717, 1.165) is 23.6 Å². The topological polar surface area (TPSA) is 42.7 Å². The SMILES string of the molecule is COc1cccn2c(CC3CCCN3C(C)C)nnc12. The molecule has 2 aromatic rings. The molecule has 3 heterocycles. The molecule has 20 heavy (non-hydrogen) atoms. The van der Waals surface area contributed by atoms with Crippen LogP contribution in [0.3, 0.4) is 0 Å². The maximum absolute atomic E-state index is 5.34. The first kappa shape index (κ1) is 13.4. The molecule has 0 aliphatic carbocycles. The van der Waals surface area contributed by atoms with Gasteiger partial charge >= 0.3 is 0 Å². The van der Waals surface area contributed by atoms with Crippen LogP contribution < -0.4 is 4.74 Å². The van der Waals surface area contributed by atoms with Gasteiger partial charge in [-0.1, -0.05) is 0 Å². The van der Waals surface area contributed by atoms with E-state index in [4.69, 9.17) is 4.74 Å². The summed E-state index contributed by atoms with van der Waals surface area (Å²) in [5.41, 5.74) is 0.805. The van der Waals surface area contributed by atoms with Crippen molar-refractivity contribution < 1.29 is 4.74 Å². The van der Waals surface area contributed by atoms with Gasteiger partial charge in [-0.25, -0.2) is 0 Å². The second-order valence-corrected chi connectivity index (χ2v) is 5.72. The van der Waals surface area contributed by atoms with E-state index in [1.165, 1.54) is 19.4 Å². The lowest BCUT2D eigenvalue weighted by atomic mass is 10.1. The van der Waals surface area contributed by atoms with Crippen molar-refractivity contribution in [2.75, 3.05) is 13.7 Å². The fraction of sp³-hybridized carbons (Fsp3) is 0.600. The van der Waals surface area contributed by atoms with E-state index >= 15 is 0 Å². The molecule has 0 bridgehead atoms. The predicted octanol–water partition coefficient (Wildman–Crippen LogP) is 2.15. The van der Waals surface area contributed by atoms with Crippen LogP contribution in [0.15, 0.2) is 18.3 Å². The molecular weight excluding hydrogens is 252 g/mol. The van der Waals surface area contributed by atoms with Gasteiger partial charge in [0.1, 0.15) is 5.82 Å². The Morgan fingerprint density at radius 3 is 3.00 bits per heavy atom. The molecule has 3 rings (SSSR count). The molecule has 1 aliphatic rings. The molecule has 1 saturated heterocycles.